The summed E-state index contributed by atoms with van der Waals surface area (Å²) < 4.78 is 37.5. The fraction of sp³-hybridized carbons (Fsp3) is 0.333. The number of benzene rings is 1. The van der Waals surface area contributed by atoms with Crippen molar-refractivity contribution in [2.45, 2.75) is 6.92 Å². The first-order valence-corrected chi connectivity index (χ1v) is 5.97. The number of aliphatic hydroxyl groups excluding tert-OH is 1. The summed E-state index contributed by atoms with van der Waals surface area (Å²) in [5.74, 6) is -0.903. The lowest BCUT2D eigenvalue weighted by molar-refractivity contribution is 0.320. The molecule has 0 saturated carbocycles. The van der Waals surface area contributed by atoms with E-state index in [0.717, 1.165) is 6.07 Å². The molecule has 1 rings (SSSR count). The maximum Gasteiger partial charge on any atom is 0.234 e. The number of hydrogen-bond acceptors (Lipinski definition) is 3. The third-order valence-corrected chi connectivity index (χ3v) is 2.94. The second-order valence-corrected chi connectivity index (χ2v) is 5.00. The van der Waals surface area contributed by atoms with Crippen LogP contribution in [0.4, 0.5) is 10.1 Å². The van der Waals surface area contributed by atoms with Crippen molar-refractivity contribution in [3.8, 4) is 0 Å². The number of anilines is 1. The molecule has 4 nitrogen and oxygen atoms in total. The third-order valence-electron chi connectivity index (χ3n) is 1.68. The molecule has 2 N–H and O–H groups in total. The molecule has 6 heteroatoms. The minimum atomic E-state index is -3.58. The summed E-state index contributed by atoms with van der Waals surface area (Å²) in [6.45, 7) is 1.19. The van der Waals surface area contributed by atoms with Crippen LogP contribution in [0.3, 0.4) is 0 Å². The zero-order valence-electron chi connectivity index (χ0n) is 8.20. The van der Waals surface area contributed by atoms with Crippen LogP contribution in [0.1, 0.15) is 5.56 Å². The van der Waals surface area contributed by atoms with Crippen molar-refractivity contribution in [3.63, 3.8) is 0 Å². The summed E-state index contributed by atoms with van der Waals surface area (Å²) in [6.07, 6.45) is 0. The fourth-order valence-corrected chi connectivity index (χ4v) is 1.97. The molecular formula is C9H12FNO3S. The van der Waals surface area contributed by atoms with Gasteiger partial charge in [0.2, 0.25) is 10.0 Å². The van der Waals surface area contributed by atoms with Crippen molar-refractivity contribution in [1.82, 2.24) is 0 Å². The molecule has 0 aliphatic carbocycles. The van der Waals surface area contributed by atoms with E-state index in [1.807, 2.05) is 0 Å². The van der Waals surface area contributed by atoms with E-state index >= 15 is 0 Å². The van der Waals surface area contributed by atoms with Gasteiger partial charge in [-0.05, 0) is 30.7 Å². The maximum absolute atomic E-state index is 12.9. The van der Waals surface area contributed by atoms with Gasteiger partial charge in [0.1, 0.15) is 5.82 Å². The minimum Gasteiger partial charge on any atom is -0.395 e. The Morgan fingerprint density at radius 3 is 2.60 bits per heavy atom. The van der Waals surface area contributed by atoms with Crippen LogP contribution in [-0.2, 0) is 10.0 Å². The summed E-state index contributed by atoms with van der Waals surface area (Å²) in [5, 5.41) is 8.50. The van der Waals surface area contributed by atoms with Crippen LogP contribution in [0, 0.1) is 12.7 Å². The van der Waals surface area contributed by atoms with Gasteiger partial charge in [-0.2, -0.15) is 0 Å². The smallest absolute Gasteiger partial charge is 0.234 e. The minimum absolute atomic E-state index is 0.168. The van der Waals surface area contributed by atoms with E-state index in [4.69, 9.17) is 5.11 Å². The summed E-state index contributed by atoms with van der Waals surface area (Å²) in [5.41, 5.74) is 0.789. The van der Waals surface area contributed by atoms with Crippen LogP contribution >= 0.6 is 0 Å². The molecule has 15 heavy (non-hydrogen) atoms. The van der Waals surface area contributed by atoms with Crippen molar-refractivity contribution < 1.29 is 17.9 Å². The number of halogens is 1. The van der Waals surface area contributed by atoms with Crippen molar-refractivity contribution in [3.05, 3.63) is 29.6 Å². The molecule has 0 aromatic heterocycles. The van der Waals surface area contributed by atoms with Gasteiger partial charge in [-0.3, -0.25) is 4.72 Å². The van der Waals surface area contributed by atoms with Crippen molar-refractivity contribution in [1.29, 1.82) is 0 Å². The van der Waals surface area contributed by atoms with Gasteiger partial charge in [0.05, 0.1) is 18.0 Å². The van der Waals surface area contributed by atoms with E-state index in [-0.39, 0.29) is 5.69 Å². The molecule has 0 unspecified atom stereocenters. The first-order valence-electron chi connectivity index (χ1n) is 4.31. The lowest BCUT2D eigenvalue weighted by Crippen LogP contribution is -2.18. The molecule has 84 valence electrons. The van der Waals surface area contributed by atoms with Gasteiger partial charge in [-0.1, -0.05) is 0 Å². The van der Waals surface area contributed by atoms with Crippen molar-refractivity contribution >= 4 is 15.7 Å². The van der Waals surface area contributed by atoms with E-state index < -0.39 is 28.2 Å². The van der Waals surface area contributed by atoms with Crippen molar-refractivity contribution in [2.24, 2.45) is 0 Å². The van der Waals surface area contributed by atoms with Gasteiger partial charge in [0, 0.05) is 0 Å². The number of aliphatic hydroxyl groups is 1. The van der Waals surface area contributed by atoms with E-state index in [1.54, 1.807) is 6.92 Å². The molecule has 0 amide bonds. The number of sulfonamides is 1. The maximum atomic E-state index is 12.9. The molecule has 0 heterocycles. The molecule has 0 spiro atoms. The average Bonchev–Trinajstić information content (AvgIpc) is 1.99. The van der Waals surface area contributed by atoms with Crippen LogP contribution in [0.15, 0.2) is 18.2 Å². The van der Waals surface area contributed by atoms with Crippen molar-refractivity contribution in [2.75, 3.05) is 17.1 Å². The zero-order chi connectivity index (χ0) is 11.5. The molecule has 0 atom stereocenters. The molecule has 1 aromatic rings. The van der Waals surface area contributed by atoms with Crippen LogP contribution in [0.2, 0.25) is 0 Å². The summed E-state index contributed by atoms with van der Waals surface area (Å²) >= 11 is 0. The van der Waals surface area contributed by atoms with E-state index in [9.17, 15) is 12.8 Å². The standard InChI is InChI=1S/C9H12FNO3S/c1-7-4-8(10)6-9(5-7)11-15(13,14)3-2-12/h4-6,11-12H,2-3H2,1H3. The molecule has 0 saturated heterocycles. The van der Waals surface area contributed by atoms with E-state index in [0.29, 0.717) is 5.56 Å². The lowest BCUT2D eigenvalue weighted by atomic mass is 10.2. The molecule has 0 aliphatic rings. The van der Waals surface area contributed by atoms with Gasteiger partial charge in [-0.15, -0.1) is 0 Å². The summed E-state index contributed by atoms with van der Waals surface area (Å²) in [4.78, 5) is 0. The molecule has 0 bridgehead atoms. The highest BCUT2D eigenvalue weighted by atomic mass is 32.2. The lowest BCUT2D eigenvalue weighted by Gasteiger charge is -2.07. The van der Waals surface area contributed by atoms with Crippen LogP contribution in [0.25, 0.3) is 0 Å². The predicted molar refractivity (Wildman–Crippen MR) is 55.6 cm³/mol. The van der Waals surface area contributed by atoms with E-state index in [2.05, 4.69) is 4.72 Å². The Labute approximate surface area is 87.8 Å². The predicted octanol–water partition coefficient (Wildman–Crippen LogP) is 0.868. The Morgan fingerprint density at radius 2 is 2.07 bits per heavy atom. The molecule has 0 radical (unpaired) electrons. The second kappa shape index (κ2) is 4.59. The molecule has 0 fully saturated rings. The largest absolute Gasteiger partial charge is 0.395 e. The third kappa shape index (κ3) is 3.85. The normalized spacial score (nSPS) is 11.4. The number of aryl methyl sites for hydroxylation is 1. The van der Waals surface area contributed by atoms with E-state index in [1.165, 1.54) is 12.1 Å². The highest BCUT2D eigenvalue weighted by Crippen LogP contribution is 2.14. The van der Waals surface area contributed by atoms with Gasteiger partial charge in [-0.25, -0.2) is 12.8 Å². The SMILES string of the molecule is Cc1cc(F)cc(NS(=O)(=O)CCO)c1. The monoisotopic (exact) mass is 233 g/mol. The molecule has 0 aliphatic heterocycles. The number of rotatable bonds is 4. The topological polar surface area (TPSA) is 66.4 Å². The first kappa shape index (κ1) is 11.9. The van der Waals surface area contributed by atoms with Gasteiger partial charge in [0.15, 0.2) is 0 Å². The quantitative estimate of drug-likeness (QED) is 0.810. The molecule has 1 aromatic carbocycles. The highest BCUT2D eigenvalue weighted by molar-refractivity contribution is 7.92. The van der Waals surface area contributed by atoms with Crippen LogP contribution < -0.4 is 4.72 Å². The zero-order valence-corrected chi connectivity index (χ0v) is 9.01. The highest BCUT2D eigenvalue weighted by Gasteiger charge is 2.09. The fourth-order valence-electron chi connectivity index (χ4n) is 1.15. The van der Waals surface area contributed by atoms with Gasteiger partial charge in [0.25, 0.3) is 0 Å². The Bertz CT molecular complexity index is 424. The number of nitrogens with one attached hydrogen (secondary N) is 1. The van der Waals surface area contributed by atoms with Gasteiger partial charge < -0.3 is 5.11 Å². The van der Waals surface area contributed by atoms with Crippen LogP contribution in [0.5, 0.6) is 0 Å². The summed E-state index contributed by atoms with van der Waals surface area (Å²) in [7, 11) is -3.58. The molecular weight excluding hydrogens is 221 g/mol. The Kier molecular flexibility index (Phi) is 3.65. The average molecular weight is 233 g/mol. The first-order chi connectivity index (χ1) is 6.93. The Hall–Kier alpha value is -1.14. The van der Waals surface area contributed by atoms with Gasteiger partial charge >= 0.3 is 0 Å². The second-order valence-electron chi connectivity index (χ2n) is 3.16. The Morgan fingerprint density at radius 1 is 1.40 bits per heavy atom. The van der Waals surface area contributed by atoms with Crippen LogP contribution in [-0.4, -0.2) is 25.9 Å². The Balaban J connectivity index is 2.90. The summed E-state index contributed by atoms with van der Waals surface area (Å²) in [6, 6.07) is 3.89. The number of hydrogen-bond donors (Lipinski definition) is 2.